The topological polar surface area (TPSA) is 69.7 Å². The number of hydrogen-bond donors (Lipinski definition) is 1. The zero-order valence-corrected chi connectivity index (χ0v) is 16.0. The Morgan fingerprint density at radius 1 is 1.04 bits per heavy atom. The highest BCUT2D eigenvalue weighted by Gasteiger charge is 2.24. The molecule has 3 rings (SSSR count). The second kappa shape index (κ2) is 8.24. The maximum Gasteiger partial charge on any atom is 0.241 e. The molecule has 0 bridgehead atoms. The Morgan fingerprint density at radius 3 is 2.30 bits per heavy atom. The van der Waals surface area contributed by atoms with Crippen molar-refractivity contribution in [1.29, 1.82) is 0 Å². The number of hydrogen-bond acceptors (Lipinski definition) is 4. The molecule has 0 aromatic heterocycles. The molecule has 0 atom stereocenters. The Kier molecular flexibility index (Phi) is 5.98. The van der Waals surface area contributed by atoms with Crippen molar-refractivity contribution in [2.24, 2.45) is 0 Å². The van der Waals surface area contributed by atoms with Crippen molar-refractivity contribution in [1.82, 2.24) is 9.62 Å². The van der Waals surface area contributed by atoms with Gasteiger partial charge in [0.05, 0.1) is 17.1 Å². The number of nitrogens with one attached hydrogen (secondary N) is 1. The number of nitrogens with zero attached hydrogens (tertiary/aromatic N) is 2. The number of halogens is 2. The zero-order chi connectivity index (χ0) is 19.4. The summed E-state index contributed by atoms with van der Waals surface area (Å²) in [6.07, 6.45) is 0. The molecule has 1 aliphatic heterocycles. The third-order valence-electron chi connectivity index (χ3n) is 4.36. The fourth-order valence-corrected chi connectivity index (χ4v) is 3.97. The maximum absolute atomic E-state index is 13.9. The van der Waals surface area contributed by atoms with Gasteiger partial charge >= 0.3 is 0 Å². The van der Waals surface area contributed by atoms with E-state index in [0.29, 0.717) is 36.9 Å². The summed E-state index contributed by atoms with van der Waals surface area (Å²) >= 11 is 5.75. The van der Waals surface area contributed by atoms with Gasteiger partial charge in [-0.25, -0.2) is 17.5 Å². The van der Waals surface area contributed by atoms with E-state index in [-0.39, 0.29) is 23.2 Å². The third-order valence-corrected chi connectivity index (χ3v) is 6.03. The molecular formula is C18H19ClFN3O3S. The highest BCUT2D eigenvalue weighted by atomic mass is 35.5. The number of carbonyl (C=O) groups excluding carboxylic acids is 1. The van der Waals surface area contributed by atoms with Gasteiger partial charge in [0.25, 0.3) is 0 Å². The minimum Gasteiger partial charge on any atom is -0.366 e. The van der Waals surface area contributed by atoms with E-state index in [1.165, 1.54) is 30.3 Å². The summed E-state index contributed by atoms with van der Waals surface area (Å²) in [5.74, 6) is -0.617. The van der Waals surface area contributed by atoms with Crippen molar-refractivity contribution in [3.8, 4) is 0 Å². The Morgan fingerprint density at radius 2 is 1.67 bits per heavy atom. The Bertz CT molecular complexity index is 914. The number of para-hydroxylation sites is 1. The SMILES string of the molecule is O=C(CNS(=O)(=O)c1ccc(Cl)cc1)N1CCN(c2ccccc2F)CC1. The maximum atomic E-state index is 13.9. The fraction of sp³-hybridized carbons (Fsp3) is 0.278. The molecule has 27 heavy (non-hydrogen) atoms. The minimum atomic E-state index is -3.79. The molecule has 6 nitrogen and oxygen atoms in total. The van der Waals surface area contributed by atoms with E-state index in [0.717, 1.165) is 0 Å². The first-order valence-corrected chi connectivity index (χ1v) is 10.3. The van der Waals surface area contributed by atoms with E-state index < -0.39 is 10.0 Å². The second-order valence-corrected chi connectivity index (χ2v) is 8.30. The summed E-state index contributed by atoms with van der Waals surface area (Å²) in [7, 11) is -3.79. The van der Waals surface area contributed by atoms with Crippen molar-refractivity contribution < 1.29 is 17.6 Å². The van der Waals surface area contributed by atoms with Gasteiger partial charge in [0.2, 0.25) is 15.9 Å². The number of rotatable bonds is 5. The fourth-order valence-electron chi connectivity index (χ4n) is 2.87. The first-order chi connectivity index (χ1) is 12.9. The number of benzene rings is 2. The Labute approximate surface area is 162 Å². The van der Waals surface area contributed by atoms with Crippen LogP contribution in [0.3, 0.4) is 0 Å². The van der Waals surface area contributed by atoms with E-state index >= 15 is 0 Å². The summed E-state index contributed by atoms with van der Waals surface area (Å²) in [6.45, 7) is 1.43. The van der Waals surface area contributed by atoms with Crippen LogP contribution in [0.25, 0.3) is 0 Å². The molecule has 1 aliphatic rings. The number of anilines is 1. The molecule has 0 aliphatic carbocycles. The van der Waals surface area contributed by atoms with Gasteiger partial charge in [0.1, 0.15) is 5.82 Å². The first-order valence-electron chi connectivity index (χ1n) is 8.39. The molecule has 9 heteroatoms. The van der Waals surface area contributed by atoms with Crippen LogP contribution < -0.4 is 9.62 Å². The number of amides is 1. The monoisotopic (exact) mass is 411 g/mol. The lowest BCUT2D eigenvalue weighted by Crippen LogP contribution is -2.51. The van der Waals surface area contributed by atoms with Gasteiger partial charge in [-0.3, -0.25) is 4.79 Å². The number of piperazine rings is 1. The predicted octanol–water partition coefficient (Wildman–Crippen LogP) is 2.11. The lowest BCUT2D eigenvalue weighted by Gasteiger charge is -2.36. The van der Waals surface area contributed by atoms with Crippen LogP contribution in [0, 0.1) is 5.82 Å². The molecule has 1 fully saturated rings. The molecule has 2 aromatic rings. The van der Waals surface area contributed by atoms with E-state index in [4.69, 9.17) is 11.6 Å². The van der Waals surface area contributed by atoms with Crippen LogP contribution in [0.15, 0.2) is 53.4 Å². The van der Waals surface area contributed by atoms with Crippen molar-refractivity contribution in [3.63, 3.8) is 0 Å². The highest BCUT2D eigenvalue weighted by Crippen LogP contribution is 2.20. The van der Waals surface area contributed by atoms with Crippen molar-refractivity contribution >= 4 is 33.2 Å². The lowest BCUT2D eigenvalue weighted by molar-refractivity contribution is -0.130. The predicted molar refractivity (Wildman–Crippen MR) is 102 cm³/mol. The van der Waals surface area contributed by atoms with E-state index in [2.05, 4.69) is 4.72 Å². The van der Waals surface area contributed by atoms with Gasteiger partial charge in [0, 0.05) is 31.2 Å². The summed E-state index contributed by atoms with van der Waals surface area (Å²) in [5, 5.41) is 0.428. The van der Waals surface area contributed by atoms with Crippen LogP contribution in [0.4, 0.5) is 10.1 Å². The van der Waals surface area contributed by atoms with Gasteiger partial charge in [-0.15, -0.1) is 0 Å². The molecule has 1 saturated heterocycles. The summed E-state index contributed by atoms with van der Waals surface area (Å²) in [4.78, 5) is 15.8. The number of carbonyl (C=O) groups is 1. The molecule has 1 amide bonds. The third kappa shape index (κ3) is 4.77. The van der Waals surface area contributed by atoms with E-state index in [1.807, 2.05) is 4.90 Å². The average Bonchev–Trinajstić information content (AvgIpc) is 2.67. The largest absolute Gasteiger partial charge is 0.366 e. The van der Waals surface area contributed by atoms with Gasteiger partial charge in [-0.05, 0) is 36.4 Å². The van der Waals surface area contributed by atoms with Gasteiger partial charge in [-0.1, -0.05) is 23.7 Å². The van der Waals surface area contributed by atoms with Crippen molar-refractivity contribution in [3.05, 3.63) is 59.4 Å². The lowest BCUT2D eigenvalue weighted by atomic mass is 10.2. The molecular weight excluding hydrogens is 393 g/mol. The van der Waals surface area contributed by atoms with Crippen molar-refractivity contribution in [2.75, 3.05) is 37.6 Å². The van der Waals surface area contributed by atoms with Crippen LogP contribution in [-0.4, -0.2) is 51.9 Å². The molecule has 0 unspecified atom stereocenters. The number of sulfonamides is 1. The van der Waals surface area contributed by atoms with E-state index in [1.54, 1.807) is 23.1 Å². The van der Waals surface area contributed by atoms with Crippen LogP contribution in [0.1, 0.15) is 0 Å². The van der Waals surface area contributed by atoms with Crippen molar-refractivity contribution in [2.45, 2.75) is 4.90 Å². The summed E-state index contributed by atoms with van der Waals surface area (Å²) < 4.78 is 40.6. The van der Waals surface area contributed by atoms with Gasteiger partial charge < -0.3 is 9.80 Å². The zero-order valence-electron chi connectivity index (χ0n) is 14.4. The Hall–Kier alpha value is -2.16. The molecule has 0 saturated carbocycles. The summed E-state index contributed by atoms with van der Waals surface area (Å²) in [5.41, 5.74) is 0.507. The van der Waals surface area contributed by atoms with Gasteiger partial charge in [-0.2, -0.15) is 0 Å². The molecule has 1 heterocycles. The Balaban J connectivity index is 1.54. The van der Waals surface area contributed by atoms with Crippen LogP contribution in [0.5, 0.6) is 0 Å². The quantitative estimate of drug-likeness (QED) is 0.818. The molecule has 0 radical (unpaired) electrons. The molecule has 144 valence electrons. The second-order valence-electron chi connectivity index (χ2n) is 6.10. The normalized spacial score (nSPS) is 15.0. The highest BCUT2D eigenvalue weighted by molar-refractivity contribution is 7.89. The van der Waals surface area contributed by atoms with Crippen LogP contribution >= 0.6 is 11.6 Å². The van der Waals surface area contributed by atoms with Gasteiger partial charge in [0.15, 0.2) is 0 Å². The minimum absolute atomic E-state index is 0.0454. The first kappa shape index (κ1) is 19.6. The van der Waals surface area contributed by atoms with Crippen LogP contribution in [0.2, 0.25) is 5.02 Å². The smallest absolute Gasteiger partial charge is 0.241 e. The van der Waals surface area contributed by atoms with Crippen LogP contribution in [-0.2, 0) is 14.8 Å². The standard InChI is InChI=1S/C18H19ClFN3O3S/c19-14-5-7-15(8-6-14)27(25,26)21-13-18(24)23-11-9-22(10-12-23)17-4-2-1-3-16(17)20/h1-8,21H,9-13H2. The molecule has 1 N–H and O–H groups in total. The van der Waals surface area contributed by atoms with E-state index in [9.17, 15) is 17.6 Å². The molecule has 0 spiro atoms. The average molecular weight is 412 g/mol. The summed E-state index contributed by atoms with van der Waals surface area (Å²) in [6, 6.07) is 12.2. The molecule has 2 aromatic carbocycles.